The molecular weight excluding hydrogens is 140 g/mol. The third-order valence-electron chi connectivity index (χ3n) is 2.30. The lowest BCUT2D eigenvalue weighted by Crippen LogP contribution is -2.10. The minimum Gasteiger partial charge on any atom is -0.377 e. The first-order chi connectivity index (χ1) is 5.33. The van der Waals surface area contributed by atoms with E-state index in [-0.39, 0.29) is 5.78 Å². The molecule has 0 aromatic rings. The number of carbonyl (C=O) groups is 1. The highest BCUT2D eigenvalue weighted by Gasteiger charge is 2.17. The van der Waals surface area contributed by atoms with Crippen molar-refractivity contribution in [1.29, 1.82) is 0 Å². The van der Waals surface area contributed by atoms with E-state index in [1.165, 1.54) is 25.7 Å². The quantitative estimate of drug-likeness (QED) is 0.620. The summed E-state index contributed by atoms with van der Waals surface area (Å²) in [5.41, 5.74) is 0. The number of carbonyl (C=O) groups excluding carboxylic acids is 1. The summed E-state index contributed by atoms with van der Waals surface area (Å²) in [4.78, 5) is 11.1. The SMILES string of the molecule is COCC(=O)CC1CCCC1. The smallest absolute Gasteiger partial charge is 0.158 e. The zero-order valence-corrected chi connectivity index (χ0v) is 7.14. The van der Waals surface area contributed by atoms with Gasteiger partial charge in [0.15, 0.2) is 5.78 Å². The fourth-order valence-corrected chi connectivity index (χ4v) is 1.76. The molecule has 2 heteroatoms. The minimum absolute atomic E-state index is 0.263. The average molecular weight is 156 g/mol. The molecule has 0 N–H and O–H groups in total. The van der Waals surface area contributed by atoms with E-state index < -0.39 is 0 Å². The van der Waals surface area contributed by atoms with Gasteiger partial charge in [-0.15, -0.1) is 0 Å². The van der Waals surface area contributed by atoms with Gasteiger partial charge in [-0.05, 0) is 5.92 Å². The molecule has 2 nitrogen and oxygen atoms in total. The summed E-state index contributed by atoms with van der Waals surface area (Å²) >= 11 is 0. The molecule has 0 bridgehead atoms. The normalized spacial score (nSPS) is 19.0. The minimum atomic E-state index is 0.263. The van der Waals surface area contributed by atoms with Crippen LogP contribution in [0.2, 0.25) is 0 Å². The Morgan fingerprint density at radius 2 is 2.09 bits per heavy atom. The van der Waals surface area contributed by atoms with Gasteiger partial charge in [0, 0.05) is 13.5 Å². The molecule has 1 fully saturated rings. The third-order valence-corrected chi connectivity index (χ3v) is 2.30. The van der Waals surface area contributed by atoms with E-state index in [0.717, 1.165) is 6.42 Å². The van der Waals surface area contributed by atoms with Crippen LogP contribution in [0.3, 0.4) is 0 Å². The first-order valence-corrected chi connectivity index (χ1v) is 4.33. The van der Waals surface area contributed by atoms with Gasteiger partial charge in [0.2, 0.25) is 0 Å². The summed E-state index contributed by atoms with van der Waals surface area (Å²) in [6.07, 6.45) is 5.86. The maximum Gasteiger partial charge on any atom is 0.158 e. The van der Waals surface area contributed by atoms with Crippen LogP contribution in [0.1, 0.15) is 32.1 Å². The van der Waals surface area contributed by atoms with Crippen molar-refractivity contribution in [1.82, 2.24) is 0 Å². The van der Waals surface area contributed by atoms with E-state index in [9.17, 15) is 4.79 Å². The highest BCUT2D eigenvalue weighted by molar-refractivity contribution is 5.79. The van der Waals surface area contributed by atoms with E-state index >= 15 is 0 Å². The lowest BCUT2D eigenvalue weighted by Gasteiger charge is -2.05. The predicted molar refractivity (Wildman–Crippen MR) is 43.5 cm³/mol. The van der Waals surface area contributed by atoms with E-state index in [4.69, 9.17) is 4.74 Å². The Morgan fingerprint density at radius 1 is 1.45 bits per heavy atom. The van der Waals surface area contributed by atoms with Gasteiger partial charge in [0.25, 0.3) is 0 Å². The second-order valence-electron chi connectivity index (χ2n) is 3.33. The highest BCUT2D eigenvalue weighted by atomic mass is 16.5. The van der Waals surface area contributed by atoms with Gasteiger partial charge in [-0.25, -0.2) is 0 Å². The van der Waals surface area contributed by atoms with Crippen LogP contribution in [-0.4, -0.2) is 19.5 Å². The number of Topliss-reactive ketones (excluding diaryl/α,β-unsaturated/α-hetero) is 1. The van der Waals surface area contributed by atoms with E-state index in [1.54, 1.807) is 7.11 Å². The topological polar surface area (TPSA) is 26.3 Å². The Labute approximate surface area is 67.9 Å². The number of rotatable bonds is 4. The maximum atomic E-state index is 11.1. The van der Waals surface area contributed by atoms with Gasteiger partial charge >= 0.3 is 0 Å². The van der Waals surface area contributed by atoms with Crippen molar-refractivity contribution in [2.45, 2.75) is 32.1 Å². The molecular formula is C9H16O2. The number of methoxy groups -OCH3 is 1. The van der Waals surface area contributed by atoms with Crippen molar-refractivity contribution >= 4 is 5.78 Å². The van der Waals surface area contributed by atoms with Gasteiger partial charge in [0.1, 0.15) is 6.61 Å². The van der Waals surface area contributed by atoms with E-state index in [1.807, 2.05) is 0 Å². The van der Waals surface area contributed by atoms with E-state index in [0.29, 0.717) is 12.5 Å². The van der Waals surface area contributed by atoms with E-state index in [2.05, 4.69) is 0 Å². The predicted octanol–water partition coefficient (Wildman–Crippen LogP) is 1.78. The van der Waals surface area contributed by atoms with Gasteiger partial charge in [-0.1, -0.05) is 25.7 Å². The van der Waals surface area contributed by atoms with Crippen molar-refractivity contribution in [2.75, 3.05) is 13.7 Å². The van der Waals surface area contributed by atoms with Crippen molar-refractivity contribution in [3.8, 4) is 0 Å². The monoisotopic (exact) mass is 156 g/mol. The summed E-state index contributed by atoms with van der Waals surface area (Å²) in [7, 11) is 1.58. The molecule has 0 heterocycles. The fraction of sp³-hybridized carbons (Fsp3) is 0.889. The molecule has 0 aliphatic heterocycles. The molecule has 1 aliphatic carbocycles. The molecule has 0 aromatic heterocycles. The largest absolute Gasteiger partial charge is 0.377 e. The summed E-state index contributed by atoms with van der Waals surface area (Å²) in [5, 5.41) is 0. The zero-order chi connectivity index (χ0) is 8.10. The Balaban J connectivity index is 2.13. The van der Waals surface area contributed by atoms with Crippen molar-refractivity contribution in [3.05, 3.63) is 0 Å². The second-order valence-corrected chi connectivity index (χ2v) is 3.33. The molecule has 0 atom stereocenters. The third kappa shape index (κ3) is 3.02. The Bertz CT molecular complexity index is 126. The molecule has 64 valence electrons. The summed E-state index contributed by atoms with van der Waals surface area (Å²) in [6, 6.07) is 0. The van der Waals surface area contributed by atoms with Crippen LogP contribution >= 0.6 is 0 Å². The van der Waals surface area contributed by atoms with Crippen molar-refractivity contribution in [3.63, 3.8) is 0 Å². The molecule has 0 radical (unpaired) electrons. The maximum absolute atomic E-state index is 11.1. The van der Waals surface area contributed by atoms with Crippen LogP contribution in [0.15, 0.2) is 0 Å². The van der Waals surface area contributed by atoms with Crippen LogP contribution in [-0.2, 0) is 9.53 Å². The Kier molecular flexibility index (Phi) is 3.57. The lowest BCUT2D eigenvalue weighted by atomic mass is 10.0. The fourth-order valence-electron chi connectivity index (χ4n) is 1.76. The molecule has 0 saturated heterocycles. The molecule has 11 heavy (non-hydrogen) atoms. The molecule has 0 amide bonds. The van der Waals surface area contributed by atoms with Gasteiger partial charge in [-0.2, -0.15) is 0 Å². The van der Waals surface area contributed by atoms with Gasteiger partial charge in [0.05, 0.1) is 0 Å². The number of hydrogen-bond donors (Lipinski definition) is 0. The molecule has 1 rings (SSSR count). The second kappa shape index (κ2) is 4.50. The lowest BCUT2D eigenvalue weighted by molar-refractivity contribution is -0.123. The summed E-state index contributed by atoms with van der Waals surface area (Å²) < 4.78 is 4.76. The molecule has 0 aromatic carbocycles. The van der Waals surface area contributed by atoms with Gasteiger partial charge < -0.3 is 4.74 Å². The average Bonchev–Trinajstić information content (AvgIpc) is 2.40. The molecule has 1 saturated carbocycles. The standard InChI is InChI=1S/C9H16O2/c1-11-7-9(10)6-8-4-2-3-5-8/h8H,2-7H2,1H3. The molecule has 0 unspecified atom stereocenters. The zero-order valence-electron chi connectivity index (χ0n) is 7.14. The van der Waals surface area contributed by atoms with Crippen LogP contribution in [0.25, 0.3) is 0 Å². The molecule has 1 aliphatic rings. The van der Waals surface area contributed by atoms with Crippen molar-refractivity contribution < 1.29 is 9.53 Å². The van der Waals surface area contributed by atoms with Crippen LogP contribution in [0.4, 0.5) is 0 Å². The Hall–Kier alpha value is -0.370. The first kappa shape index (κ1) is 8.72. The van der Waals surface area contributed by atoms with Crippen molar-refractivity contribution in [2.24, 2.45) is 5.92 Å². The summed E-state index contributed by atoms with van der Waals surface area (Å²) in [6.45, 7) is 0.302. The van der Waals surface area contributed by atoms with Crippen LogP contribution < -0.4 is 0 Å². The van der Waals surface area contributed by atoms with Gasteiger partial charge in [-0.3, -0.25) is 4.79 Å². The molecule has 0 spiro atoms. The summed E-state index contributed by atoms with van der Waals surface area (Å²) in [5.74, 6) is 0.928. The highest BCUT2D eigenvalue weighted by Crippen LogP contribution is 2.27. The van der Waals surface area contributed by atoms with Crippen LogP contribution in [0, 0.1) is 5.92 Å². The van der Waals surface area contributed by atoms with Crippen LogP contribution in [0.5, 0.6) is 0 Å². The first-order valence-electron chi connectivity index (χ1n) is 4.33. The number of ketones is 1. The Morgan fingerprint density at radius 3 is 2.64 bits per heavy atom. The number of hydrogen-bond acceptors (Lipinski definition) is 2. The number of ether oxygens (including phenoxy) is 1.